The Hall–Kier alpha value is -2.40. The number of pyridine rings is 1. The quantitative estimate of drug-likeness (QED) is 0.764. The number of carbonyl (C=O) groups is 1. The van der Waals surface area contributed by atoms with Crippen LogP contribution in [0.4, 0.5) is 0 Å². The first-order valence-electron chi connectivity index (χ1n) is 7.72. The second-order valence-electron chi connectivity index (χ2n) is 5.88. The minimum absolute atomic E-state index is 0.0916. The van der Waals surface area contributed by atoms with Crippen LogP contribution in [-0.4, -0.2) is 28.6 Å². The lowest BCUT2D eigenvalue weighted by Crippen LogP contribution is -2.33. The van der Waals surface area contributed by atoms with E-state index in [1.807, 2.05) is 37.3 Å². The van der Waals surface area contributed by atoms with Crippen molar-refractivity contribution < 1.29 is 9.90 Å². The van der Waals surface area contributed by atoms with Gasteiger partial charge in [-0.25, -0.2) is 0 Å². The number of aromatic nitrogens is 1. The molecular formula is C18H22N2O3. The molecule has 1 aromatic carbocycles. The number of nitrogens with one attached hydrogen (secondary N) is 2. The minimum atomic E-state index is -0.410. The Morgan fingerprint density at radius 2 is 1.87 bits per heavy atom. The lowest BCUT2D eigenvalue weighted by atomic mass is 10.0. The van der Waals surface area contributed by atoms with Crippen molar-refractivity contribution in [1.29, 1.82) is 0 Å². The van der Waals surface area contributed by atoms with Crippen molar-refractivity contribution in [1.82, 2.24) is 10.3 Å². The van der Waals surface area contributed by atoms with Gasteiger partial charge in [0.1, 0.15) is 5.56 Å². The normalized spacial score (nSPS) is 13.3. The van der Waals surface area contributed by atoms with Crippen molar-refractivity contribution in [2.75, 3.05) is 6.54 Å². The molecule has 0 saturated carbocycles. The van der Waals surface area contributed by atoms with Gasteiger partial charge in [-0.2, -0.15) is 0 Å². The number of amides is 1. The Kier molecular flexibility index (Phi) is 5.71. The molecule has 0 aliphatic carbocycles. The maximum absolute atomic E-state index is 12.1. The molecule has 2 aromatic rings. The molecule has 0 aliphatic rings. The Morgan fingerprint density at radius 3 is 2.48 bits per heavy atom. The largest absolute Gasteiger partial charge is 0.393 e. The van der Waals surface area contributed by atoms with Crippen LogP contribution in [0.2, 0.25) is 0 Å². The van der Waals surface area contributed by atoms with Crippen molar-refractivity contribution in [2.45, 2.75) is 26.4 Å². The number of benzene rings is 1. The SMILES string of the molecule is CC(O)CC(C)CNC(=O)c1ccc(-c2ccccc2)[nH]c1=O. The third-order valence-corrected chi connectivity index (χ3v) is 3.59. The van der Waals surface area contributed by atoms with Gasteiger partial charge in [-0.15, -0.1) is 0 Å². The summed E-state index contributed by atoms with van der Waals surface area (Å²) in [6.45, 7) is 4.07. The summed E-state index contributed by atoms with van der Waals surface area (Å²) in [5.41, 5.74) is 1.25. The molecule has 0 spiro atoms. The van der Waals surface area contributed by atoms with Crippen molar-refractivity contribution in [2.24, 2.45) is 5.92 Å². The Balaban J connectivity index is 2.06. The lowest BCUT2D eigenvalue weighted by Gasteiger charge is -2.14. The summed E-state index contributed by atoms with van der Waals surface area (Å²) in [5.74, 6) is -0.259. The molecule has 1 aromatic heterocycles. The van der Waals surface area contributed by atoms with Crippen LogP contribution in [0.1, 0.15) is 30.6 Å². The van der Waals surface area contributed by atoms with E-state index in [1.54, 1.807) is 13.0 Å². The average Bonchev–Trinajstić information content (AvgIpc) is 2.52. The van der Waals surface area contributed by atoms with E-state index >= 15 is 0 Å². The highest BCUT2D eigenvalue weighted by atomic mass is 16.3. The van der Waals surface area contributed by atoms with Crippen molar-refractivity contribution in [3.05, 3.63) is 58.4 Å². The molecule has 2 unspecified atom stereocenters. The zero-order chi connectivity index (χ0) is 16.8. The number of H-pyrrole nitrogens is 1. The molecule has 2 atom stereocenters. The van der Waals surface area contributed by atoms with E-state index in [1.165, 1.54) is 6.07 Å². The molecule has 5 heteroatoms. The molecule has 2 rings (SSSR count). The zero-order valence-corrected chi connectivity index (χ0v) is 13.4. The van der Waals surface area contributed by atoms with Crippen LogP contribution in [0.5, 0.6) is 0 Å². The van der Waals surface area contributed by atoms with Crippen LogP contribution in [0.15, 0.2) is 47.3 Å². The summed E-state index contributed by atoms with van der Waals surface area (Å²) in [4.78, 5) is 27.0. The maximum Gasteiger partial charge on any atom is 0.261 e. The monoisotopic (exact) mass is 314 g/mol. The highest BCUT2D eigenvalue weighted by molar-refractivity contribution is 5.94. The van der Waals surface area contributed by atoms with Gasteiger partial charge in [0.25, 0.3) is 11.5 Å². The van der Waals surface area contributed by atoms with E-state index in [0.29, 0.717) is 18.7 Å². The zero-order valence-electron chi connectivity index (χ0n) is 13.4. The molecule has 0 radical (unpaired) electrons. The molecular weight excluding hydrogens is 292 g/mol. The van der Waals surface area contributed by atoms with E-state index in [2.05, 4.69) is 10.3 Å². The van der Waals surface area contributed by atoms with Gasteiger partial charge in [0, 0.05) is 12.2 Å². The van der Waals surface area contributed by atoms with E-state index in [9.17, 15) is 14.7 Å². The summed E-state index contributed by atoms with van der Waals surface area (Å²) < 4.78 is 0. The van der Waals surface area contributed by atoms with Crippen LogP contribution >= 0.6 is 0 Å². The van der Waals surface area contributed by atoms with E-state index in [4.69, 9.17) is 0 Å². The van der Waals surface area contributed by atoms with Gasteiger partial charge in [-0.1, -0.05) is 37.3 Å². The van der Waals surface area contributed by atoms with Crippen LogP contribution in [0.3, 0.4) is 0 Å². The van der Waals surface area contributed by atoms with Gasteiger partial charge in [-0.05, 0) is 37.0 Å². The molecule has 1 amide bonds. The summed E-state index contributed by atoms with van der Waals surface area (Å²) in [5, 5.41) is 12.1. The van der Waals surface area contributed by atoms with Gasteiger partial charge in [0.15, 0.2) is 0 Å². The number of rotatable bonds is 6. The first-order valence-corrected chi connectivity index (χ1v) is 7.72. The first kappa shape index (κ1) is 17.0. The van der Waals surface area contributed by atoms with Crippen molar-refractivity contribution in [3.63, 3.8) is 0 Å². The molecule has 5 nitrogen and oxygen atoms in total. The van der Waals surface area contributed by atoms with Gasteiger partial charge in [0.05, 0.1) is 6.10 Å². The topological polar surface area (TPSA) is 82.2 Å². The molecule has 122 valence electrons. The van der Waals surface area contributed by atoms with Gasteiger partial charge in [0.2, 0.25) is 0 Å². The molecule has 23 heavy (non-hydrogen) atoms. The predicted molar refractivity (Wildman–Crippen MR) is 90.3 cm³/mol. The number of hydrogen-bond donors (Lipinski definition) is 3. The molecule has 0 aliphatic heterocycles. The Labute approximate surface area is 135 Å². The third-order valence-electron chi connectivity index (χ3n) is 3.59. The summed E-state index contributed by atoms with van der Waals surface area (Å²) >= 11 is 0. The molecule has 0 fully saturated rings. The number of aliphatic hydroxyl groups excluding tert-OH is 1. The average molecular weight is 314 g/mol. The number of hydrogen-bond acceptors (Lipinski definition) is 3. The van der Waals surface area contributed by atoms with E-state index in [-0.39, 0.29) is 11.5 Å². The van der Waals surface area contributed by atoms with Crippen molar-refractivity contribution in [3.8, 4) is 11.3 Å². The van der Waals surface area contributed by atoms with Crippen LogP contribution in [-0.2, 0) is 0 Å². The van der Waals surface area contributed by atoms with Crippen LogP contribution < -0.4 is 10.9 Å². The minimum Gasteiger partial charge on any atom is -0.393 e. The summed E-state index contributed by atoms with van der Waals surface area (Å²) in [7, 11) is 0. The number of aliphatic hydroxyl groups is 1. The fourth-order valence-corrected chi connectivity index (χ4v) is 2.47. The van der Waals surface area contributed by atoms with E-state index < -0.39 is 17.6 Å². The summed E-state index contributed by atoms with van der Waals surface area (Å²) in [6.07, 6.45) is 0.194. The molecule has 0 saturated heterocycles. The van der Waals surface area contributed by atoms with Crippen LogP contribution in [0.25, 0.3) is 11.3 Å². The molecule has 1 heterocycles. The van der Waals surface area contributed by atoms with Crippen molar-refractivity contribution >= 4 is 5.91 Å². The predicted octanol–water partition coefficient (Wildman–Crippen LogP) is 2.18. The second kappa shape index (κ2) is 7.74. The molecule has 3 N–H and O–H groups in total. The number of aromatic amines is 1. The standard InChI is InChI=1S/C18H22N2O3/c1-12(10-13(2)21)11-19-17(22)15-8-9-16(20-18(15)23)14-6-4-3-5-7-14/h3-9,12-13,21H,10-11H2,1-2H3,(H,19,22)(H,20,23). The fourth-order valence-electron chi connectivity index (χ4n) is 2.47. The second-order valence-corrected chi connectivity index (χ2v) is 5.88. The lowest BCUT2D eigenvalue weighted by molar-refractivity contribution is 0.0938. The Morgan fingerprint density at radius 1 is 1.17 bits per heavy atom. The smallest absolute Gasteiger partial charge is 0.261 e. The summed E-state index contributed by atoms with van der Waals surface area (Å²) in [6, 6.07) is 12.7. The Bertz CT molecular complexity index is 708. The number of carbonyl (C=O) groups excluding carboxylic acids is 1. The van der Waals surface area contributed by atoms with E-state index in [0.717, 1.165) is 5.56 Å². The highest BCUT2D eigenvalue weighted by Crippen LogP contribution is 2.14. The maximum atomic E-state index is 12.1. The fraction of sp³-hybridized carbons (Fsp3) is 0.333. The highest BCUT2D eigenvalue weighted by Gasteiger charge is 2.13. The van der Waals surface area contributed by atoms with Gasteiger partial charge >= 0.3 is 0 Å². The first-order chi connectivity index (χ1) is 11.0. The van der Waals surface area contributed by atoms with Gasteiger partial charge < -0.3 is 15.4 Å². The van der Waals surface area contributed by atoms with Gasteiger partial charge in [-0.3, -0.25) is 9.59 Å². The van der Waals surface area contributed by atoms with Crippen LogP contribution in [0, 0.1) is 5.92 Å². The third kappa shape index (κ3) is 4.79. The molecule has 0 bridgehead atoms.